The van der Waals surface area contributed by atoms with Crippen molar-refractivity contribution in [2.45, 2.75) is 24.8 Å². The van der Waals surface area contributed by atoms with Crippen LogP contribution < -0.4 is 10.6 Å². The summed E-state index contributed by atoms with van der Waals surface area (Å²) in [6, 6.07) is 8.35. The van der Waals surface area contributed by atoms with E-state index in [9.17, 15) is 9.59 Å². The van der Waals surface area contributed by atoms with E-state index in [1.165, 1.54) is 19.4 Å². The zero-order chi connectivity index (χ0) is 16.2. The Morgan fingerprint density at radius 2 is 1.78 bits per heavy atom. The first-order valence-corrected chi connectivity index (χ1v) is 7.58. The lowest BCUT2D eigenvalue weighted by Crippen LogP contribution is -2.39. The molecule has 1 heterocycles. The minimum Gasteiger partial charge on any atom is -0.357 e. The fourth-order valence-corrected chi connectivity index (χ4v) is 2.31. The molecule has 0 aliphatic heterocycles. The molecule has 1 aliphatic carbocycles. The van der Waals surface area contributed by atoms with Crippen LogP contribution in [0.25, 0.3) is 0 Å². The number of hydrogen-bond acceptors (Lipinski definition) is 4. The molecule has 6 heteroatoms. The van der Waals surface area contributed by atoms with Crippen molar-refractivity contribution >= 4 is 11.8 Å². The number of hydrogen-bond donors (Lipinski definition) is 2. The lowest BCUT2D eigenvalue weighted by Gasteiger charge is -2.17. The van der Waals surface area contributed by atoms with E-state index >= 15 is 0 Å². The van der Waals surface area contributed by atoms with Crippen molar-refractivity contribution in [1.82, 2.24) is 20.6 Å². The molecule has 1 aliphatic rings. The van der Waals surface area contributed by atoms with Gasteiger partial charge in [-0.2, -0.15) is 0 Å². The van der Waals surface area contributed by atoms with E-state index in [1.807, 2.05) is 18.2 Å². The number of nitrogens with zero attached hydrogens (tertiary/aromatic N) is 2. The van der Waals surface area contributed by atoms with Crippen molar-refractivity contribution in [2.75, 3.05) is 7.05 Å². The Balaban J connectivity index is 1.76. The Morgan fingerprint density at radius 3 is 2.35 bits per heavy atom. The molecule has 3 rings (SSSR count). The minimum atomic E-state index is -0.753. The maximum atomic E-state index is 12.4. The Bertz CT molecular complexity index is 696. The number of nitrogens with one attached hydrogen (secondary N) is 2. The SMILES string of the molecule is CNC(=O)[C@H](NC(=O)c1cnc(C2CC2)nc1)c1ccccc1. The number of carbonyl (C=O) groups excluding carboxylic acids is 2. The van der Waals surface area contributed by atoms with Crippen LogP contribution in [0.3, 0.4) is 0 Å². The molecule has 1 fully saturated rings. The lowest BCUT2D eigenvalue weighted by molar-refractivity contribution is -0.122. The standard InChI is InChI=1S/C17H18N4O2/c1-18-17(23)14(11-5-3-2-4-6-11)21-16(22)13-9-19-15(20-10-13)12-7-8-12/h2-6,9-10,12,14H,7-8H2,1H3,(H,18,23)(H,21,22)/t14-/m1/s1. The summed E-state index contributed by atoms with van der Waals surface area (Å²) in [7, 11) is 1.54. The topological polar surface area (TPSA) is 84.0 Å². The van der Waals surface area contributed by atoms with Gasteiger partial charge in [-0.3, -0.25) is 9.59 Å². The van der Waals surface area contributed by atoms with E-state index in [1.54, 1.807) is 12.1 Å². The summed E-state index contributed by atoms with van der Waals surface area (Å²) >= 11 is 0. The molecular weight excluding hydrogens is 292 g/mol. The molecule has 2 aromatic rings. The first kappa shape index (κ1) is 15.1. The highest BCUT2D eigenvalue weighted by Crippen LogP contribution is 2.37. The van der Waals surface area contributed by atoms with Gasteiger partial charge in [0.05, 0.1) is 5.56 Å². The second kappa shape index (κ2) is 6.56. The summed E-state index contributed by atoms with van der Waals surface area (Å²) in [4.78, 5) is 32.9. The zero-order valence-electron chi connectivity index (χ0n) is 12.8. The molecule has 2 N–H and O–H groups in total. The van der Waals surface area contributed by atoms with E-state index in [4.69, 9.17) is 0 Å². The van der Waals surface area contributed by atoms with E-state index in [0.29, 0.717) is 11.5 Å². The van der Waals surface area contributed by atoms with E-state index in [2.05, 4.69) is 20.6 Å². The Labute approximate surface area is 134 Å². The third kappa shape index (κ3) is 3.53. The lowest BCUT2D eigenvalue weighted by atomic mass is 10.1. The monoisotopic (exact) mass is 310 g/mol. The molecule has 0 bridgehead atoms. The molecule has 118 valence electrons. The van der Waals surface area contributed by atoms with Crippen LogP contribution in [0, 0.1) is 0 Å². The number of aromatic nitrogens is 2. The van der Waals surface area contributed by atoms with Crippen LogP contribution >= 0.6 is 0 Å². The molecule has 1 aromatic heterocycles. The summed E-state index contributed by atoms with van der Waals surface area (Å²) in [5, 5.41) is 5.30. The first-order chi connectivity index (χ1) is 11.2. The van der Waals surface area contributed by atoms with Gasteiger partial charge >= 0.3 is 0 Å². The summed E-state index contributed by atoms with van der Waals surface area (Å²) in [6.07, 6.45) is 5.25. The molecule has 0 spiro atoms. The van der Waals surface area contributed by atoms with E-state index in [-0.39, 0.29) is 11.8 Å². The predicted molar refractivity (Wildman–Crippen MR) is 84.7 cm³/mol. The van der Waals surface area contributed by atoms with Crippen LogP contribution in [0.4, 0.5) is 0 Å². The predicted octanol–water partition coefficient (Wildman–Crippen LogP) is 1.57. The van der Waals surface area contributed by atoms with Crippen LogP contribution in [0.2, 0.25) is 0 Å². The normalized spacial score (nSPS) is 14.8. The molecule has 1 atom stereocenters. The van der Waals surface area contributed by atoms with Gasteiger partial charge in [-0.05, 0) is 18.4 Å². The summed E-state index contributed by atoms with van der Waals surface area (Å²) in [6.45, 7) is 0. The maximum Gasteiger partial charge on any atom is 0.255 e. The highest BCUT2D eigenvalue weighted by Gasteiger charge is 2.27. The van der Waals surface area contributed by atoms with Crippen LogP contribution in [0.5, 0.6) is 0 Å². The van der Waals surface area contributed by atoms with Crippen molar-refractivity contribution in [2.24, 2.45) is 0 Å². The molecule has 23 heavy (non-hydrogen) atoms. The van der Waals surface area contributed by atoms with Crippen molar-refractivity contribution in [1.29, 1.82) is 0 Å². The van der Waals surface area contributed by atoms with Gasteiger partial charge < -0.3 is 10.6 Å². The zero-order valence-corrected chi connectivity index (χ0v) is 12.8. The van der Waals surface area contributed by atoms with Gasteiger partial charge in [-0.1, -0.05) is 30.3 Å². The van der Waals surface area contributed by atoms with Crippen LogP contribution in [0.15, 0.2) is 42.7 Å². The smallest absolute Gasteiger partial charge is 0.255 e. The average Bonchev–Trinajstić information content (AvgIpc) is 3.45. The summed E-state index contributed by atoms with van der Waals surface area (Å²) in [5.41, 5.74) is 1.06. The minimum absolute atomic E-state index is 0.278. The van der Waals surface area contributed by atoms with Crippen LogP contribution in [-0.2, 0) is 4.79 Å². The molecular formula is C17H18N4O2. The average molecular weight is 310 g/mol. The van der Waals surface area contributed by atoms with Gasteiger partial charge in [0.2, 0.25) is 5.91 Å². The van der Waals surface area contributed by atoms with Gasteiger partial charge in [0.15, 0.2) is 0 Å². The van der Waals surface area contributed by atoms with Crippen molar-refractivity contribution < 1.29 is 9.59 Å². The van der Waals surface area contributed by atoms with Crippen molar-refractivity contribution in [3.05, 3.63) is 59.7 Å². The number of carbonyl (C=O) groups is 2. The quantitative estimate of drug-likeness (QED) is 0.878. The Morgan fingerprint density at radius 1 is 1.13 bits per heavy atom. The van der Waals surface area contributed by atoms with Crippen LogP contribution in [-0.4, -0.2) is 28.8 Å². The maximum absolute atomic E-state index is 12.4. The fraction of sp³-hybridized carbons (Fsp3) is 0.294. The van der Waals surface area contributed by atoms with Gasteiger partial charge in [-0.25, -0.2) is 9.97 Å². The van der Waals surface area contributed by atoms with Gasteiger partial charge in [-0.15, -0.1) is 0 Å². The van der Waals surface area contributed by atoms with Gasteiger partial charge in [0.1, 0.15) is 11.9 Å². The van der Waals surface area contributed by atoms with E-state index < -0.39 is 6.04 Å². The number of benzene rings is 1. The number of rotatable bonds is 5. The highest BCUT2D eigenvalue weighted by molar-refractivity contribution is 5.97. The summed E-state index contributed by atoms with van der Waals surface area (Å²) < 4.78 is 0. The molecule has 0 radical (unpaired) electrons. The van der Waals surface area contributed by atoms with Crippen molar-refractivity contribution in [3.63, 3.8) is 0 Å². The Kier molecular flexibility index (Phi) is 4.32. The Hall–Kier alpha value is -2.76. The highest BCUT2D eigenvalue weighted by atomic mass is 16.2. The largest absolute Gasteiger partial charge is 0.357 e. The number of amides is 2. The molecule has 2 amide bonds. The van der Waals surface area contributed by atoms with Gasteiger partial charge in [0, 0.05) is 25.4 Å². The second-order valence-electron chi connectivity index (χ2n) is 5.54. The van der Waals surface area contributed by atoms with Gasteiger partial charge in [0.25, 0.3) is 5.91 Å². The molecule has 6 nitrogen and oxygen atoms in total. The van der Waals surface area contributed by atoms with Crippen LogP contribution in [0.1, 0.15) is 46.5 Å². The number of likely N-dealkylation sites (N-methyl/N-ethyl adjacent to an activating group) is 1. The molecule has 0 unspecified atom stereocenters. The molecule has 1 aromatic carbocycles. The molecule has 1 saturated carbocycles. The third-order valence-corrected chi connectivity index (χ3v) is 3.79. The summed E-state index contributed by atoms with van der Waals surface area (Å²) in [5.74, 6) is 0.576. The fourth-order valence-electron chi connectivity index (χ4n) is 2.31. The third-order valence-electron chi connectivity index (χ3n) is 3.79. The second-order valence-corrected chi connectivity index (χ2v) is 5.54. The first-order valence-electron chi connectivity index (χ1n) is 7.58. The van der Waals surface area contributed by atoms with E-state index in [0.717, 1.165) is 24.2 Å². The molecule has 0 saturated heterocycles. The van der Waals surface area contributed by atoms with Crippen molar-refractivity contribution in [3.8, 4) is 0 Å².